The number of unbranched alkanes of at least 4 members (excludes halogenated alkanes) is 1. The highest BCUT2D eigenvalue weighted by Gasteiger charge is 2.15. The van der Waals surface area contributed by atoms with E-state index < -0.39 is 5.91 Å². The second-order valence-corrected chi connectivity index (χ2v) is 6.88. The fraction of sp³-hybridized carbons (Fsp3) is 0.333. The van der Waals surface area contributed by atoms with E-state index in [2.05, 4.69) is 12.2 Å². The van der Waals surface area contributed by atoms with Gasteiger partial charge in [0.1, 0.15) is 11.6 Å². The predicted octanol–water partition coefficient (Wildman–Crippen LogP) is 4.22. The van der Waals surface area contributed by atoms with E-state index in [-0.39, 0.29) is 18.9 Å². The number of nitrogens with one attached hydrogen (secondary N) is 1. The van der Waals surface area contributed by atoms with Gasteiger partial charge in [0, 0.05) is 6.54 Å². The summed E-state index contributed by atoms with van der Waals surface area (Å²) < 4.78 is 22.1. The van der Waals surface area contributed by atoms with Crippen molar-refractivity contribution in [2.75, 3.05) is 20.0 Å². The summed E-state index contributed by atoms with van der Waals surface area (Å²) in [5.74, 6) is 2.11. The molecule has 0 radical (unpaired) electrons. The number of carbonyl (C=O) groups is 1. The van der Waals surface area contributed by atoms with Crippen molar-refractivity contribution < 1.29 is 23.7 Å². The van der Waals surface area contributed by atoms with Crippen LogP contribution in [0.15, 0.2) is 42.0 Å². The van der Waals surface area contributed by atoms with Crippen LogP contribution < -0.4 is 24.3 Å². The van der Waals surface area contributed by atoms with Crippen LogP contribution >= 0.6 is 0 Å². The van der Waals surface area contributed by atoms with E-state index in [9.17, 15) is 10.1 Å². The van der Waals surface area contributed by atoms with Gasteiger partial charge in [-0.1, -0.05) is 25.5 Å². The summed E-state index contributed by atoms with van der Waals surface area (Å²) >= 11 is 0. The third-order valence-electron chi connectivity index (χ3n) is 4.59. The first-order valence-electron chi connectivity index (χ1n) is 10.3. The molecule has 1 aliphatic heterocycles. The SMILES string of the molecule is CCCCOc1ccc(C=C(C#N)C(=O)NCc2ccc3c(c2)OCO3)cc1OCC. The Bertz CT molecular complexity index is 994. The zero-order chi connectivity index (χ0) is 22.1. The molecule has 0 fully saturated rings. The van der Waals surface area contributed by atoms with Crippen LogP contribution in [0.1, 0.15) is 37.8 Å². The van der Waals surface area contributed by atoms with Gasteiger partial charge < -0.3 is 24.3 Å². The van der Waals surface area contributed by atoms with Gasteiger partial charge in [0.2, 0.25) is 6.79 Å². The monoisotopic (exact) mass is 422 g/mol. The van der Waals surface area contributed by atoms with Crippen molar-refractivity contribution in [2.24, 2.45) is 0 Å². The van der Waals surface area contributed by atoms with E-state index in [1.807, 2.05) is 25.1 Å². The number of hydrogen-bond donors (Lipinski definition) is 1. The van der Waals surface area contributed by atoms with Crippen molar-refractivity contribution >= 4 is 12.0 Å². The predicted molar refractivity (Wildman–Crippen MR) is 116 cm³/mol. The molecule has 2 aromatic rings. The highest BCUT2D eigenvalue weighted by molar-refractivity contribution is 6.01. The topological polar surface area (TPSA) is 89.8 Å². The minimum absolute atomic E-state index is 0.00263. The first-order valence-corrected chi connectivity index (χ1v) is 10.3. The zero-order valence-corrected chi connectivity index (χ0v) is 17.8. The molecular weight excluding hydrogens is 396 g/mol. The van der Waals surface area contributed by atoms with Gasteiger partial charge >= 0.3 is 0 Å². The van der Waals surface area contributed by atoms with Crippen LogP contribution in [0.2, 0.25) is 0 Å². The summed E-state index contributed by atoms with van der Waals surface area (Å²) in [6.07, 6.45) is 3.53. The average Bonchev–Trinajstić information content (AvgIpc) is 3.25. The van der Waals surface area contributed by atoms with E-state index in [4.69, 9.17) is 18.9 Å². The molecular formula is C24H26N2O5. The summed E-state index contributed by atoms with van der Waals surface area (Å²) in [5, 5.41) is 12.2. The van der Waals surface area contributed by atoms with Crippen molar-refractivity contribution in [1.82, 2.24) is 5.32 Å². The molecule has 31 heavy (non-hydrogen) atoms. The molecule has 0 unspecified atom stereocenters. The number of fused-ring (bicyclic) bond motifs is 1. The Balaban J connectivity index is 1.68. The smallest absolute Gasteiger partial charge is 0.262 e. The molecule has 2 aromatic carbocycles. The van der Waals surface area contributed by atoms with Gasteiger partial charge in [-0.3, -0.25) is 4.79 Å². The molecule has 1 aliphatic rings. The normalized spacial score (nSPS) is 12.2. The fourth-order valence-electron chi connectivity index (χ4n) is 2.97. The second-order valence-electron chi connectivity index (χ2n) is 6.88. The van der Waals surface area contributed by atoms with Crippen LogP contribution in [-0.2, 0) is 11.3 Å². The molecule has 7 heteroatoms. The highest BCUT2D eigenvalue weighted by Crippen LogP contribution is 2.32. The van der Waals surface area contributed by atoms with Crippen LogP contribution in [0.5, 0.6) is 23.0 Å². The lowest BCUT2D eigenvalue weighted by Crippen LogP contribution is -2.23. The Hall–Kier alpha value is -3.66. The van der Waals surface area contributed by atoms with Gasteiger partial charge in [-0.25, -0.2) is 0 Å². The molecule has 1 amide bonds. The Morgan fingerprint density at radius 1 is 1.13 bits per heavy atom. The third kappa shape index (κ3) is 5.92. The number of benzene rings is 2. The third-order valence-corrected chi connectivity index (χ3v) is 4.59. The zero-order valence-electron chi connectivity index (χ0n) is 17.8. The minimum Gasteiger partial charge on any atom is -0.490 e. The number of ether oxygens (including phenoxy) is 4. The number of nitrogens with zero attached hydrogens (tertiary/aromatic N) is 1. The van der Waals surface area contributed by atoms with Crippen LogP contribution in [0.4, 0.5) is 0 Å². The van der Waals surface area contributed by atoms with Gasteiger partial charge in [-0.05, 0) is 54.8 Å². The molecule has 1 N–H and O–H groups in total. The molecule has 3 rings (SSSR count). The molecule has 0 bridgehead atoms. The van der Waals surface area contributed by atoms with Crippen molar-refractivity contribution in [3.8, 4) is 29.1 Å². The Kier molecular flexibility index (Phi) is 7.77. The van der Waals surface area contributed by atoms with Gasteiger partial charge in [0.05, 0.1) is 13.2 Å². The fourth-order valence-corrected chi connectivity index (χ4v) is 2.97. The maximum absolute atomic E-state index is 12.5. The Morgan fingerprint density at radius 3 is 2.74 bits per heavy atom. The van der Waals surface area contributed by atoms with Gasteiger partial charge in [-0.15, -0.1) is 0 Å². The molecule has 0 saturated carbocycles. The van der Waals surface area contributed by atoms with Crippen LogP contribution in [0.3, 0.4) is 0 Å². The van der Waals surface area contributed by atoms with Crippen molar-refractivity contribution in [2.45, 2.75) is 33.2 Å². The van der Waals surface area contributed by atoms with Gasteiger partial charge in [0.25, 0.3) is 5.91 Å². The summed E-state index contributed by atoms with van der Waals surface area (Å²) in [7, 11) is 0. The molecule has 0 atom stereocenters. The second kappa shape index (κ2) is 10.9. The number of nitriles is 1. The lowest BCUT2D eigenvalue weighted by atomic mass is 10.1. The van der Waals surface area contributed by atoms with Gasteiger partial charge in [0.15, 0.2) is 23.0 Å². The first kappa shape index (κ1) is 22.0. The molecule has 0 spiro atoms. The van der Waals surface area contributed by atoms with Crippen molar-refractivity contribution in [3.63, 3.8) is 0 Å². The number of carbonyl (C=O) groups excluding carboxylic acids is 1. The lowest BCUT2D eigenvalue weighted by Gasteiger charge is -2.12. The van der Waals surface area contributed by atoms with Crippen molar-refractivity contribution in [1.29, 1.82) is 5.26 Å². The Morgan fingerprint density at radius 2 is 1.97 bits per heavy atom. The average molecular weight is 422 g/mol. The van der Waals surface area contributed by atoms with E-state index in [1.54, 1.807) is 24.3 Å². The summed E-state index contributed by atoms with van der Waals surface area (Å²) in [4.78, 5) is 12.5. The standard InChI is InChI=1S/C24H26N2O5/c1-3-5-10-29-20-8-6-17(12-22(20)28-4-2)11-19(14-25)24(27)26-15-18-7-9-21-23(13-18)31-16-30-21/h6-9,11-13H,3-5,10,15-16H2,1-2H3,(H,26,27). The largest absolute Gasteiger partial charge is 0.490 e. The first-order chi connectivity index (χ1) is 15.1. The highest BCUT2D eigenvalue weighted by atomic mass is 16.7. The van der Waals surface area contributed by atoms with E-state index in [0.717, 1.165) is 18.4 Å². The Labute approximate surface area is 182 Å². The molecule has 1 heterocycles. The van der Waals surface area contributed by atoms with E-state index in [0.29, 0.717) is 41.8 Å². The molecule has 0 saturated heterocycles. The quantitative estimate of drug-likeness (QED) is 0.350. The lowest BCUT2D eigenvalue weighted by molar-refractivity contribution is -0.117. The van der Waals surface area contributed by atoms with Crippen LogP contribution in [-0.4, -0.2) is 25.9 Å². The molecule has 162 valence electrons. The maximum atomic E-state index is 12.5. The maximum Gasteiger partial charge on any atom is 0.262 e. The summed E-state index contributed by atoms with van der Waals surface area (Å²) in [6, 6.07) is 12.8. The molecule has 7 nitrogen and oxygen atoms in total. The number of amides is 1. The van der Waals surface area contributed by atoms with Crippen molar-refractivity contribution in [3.05, 3.63) is 53.1 Å². The van der Waals surface area contributed by atoms with E-state index >= 15 is 0 Å². The van der Waals surface area contributed by atoms with Crippen LogP contribution in [0, 0.1) is 11.3 Å². The summed E-state index contributed by atoms with van der Waals surface area (Å²) in [6.45, 7) is 5.54. The van der Waals surface area contributed by atoms with Crippen LogP contribution in [0.25, 0.3) is 6.08 Å². The molecule has 0 aromatic heterocycles. The van der Waals surface area contributed by atoms with Gasteiger partial charge in [-0.2, -0.15) is 5.26 Å². The number of hydrogen-bond acceptors (Lipinski definition) is 6. The number of rotatable bonds is 10. The van der Waals surface area contributed by atoms with E-state index in [1.165, 1.54) is 6.08 Å². The molecule has 0 aliphatic carbocycles. The summed E-state index contributed by atoms with van der Waals surface area (Å²) in [5.41, 5.74) is 1.53. The minimum atomic E-state index is -0.457.